The van der Waals surface area contributed by atoms with Crippen molar-refractivity contribution in [1.29, 1.82) is 0 Å². The quantitative estimate of drug-likeness (QED) is 0.503. The molecule has 0 spiro atoms. The fourth-order valence-corrected chi connectivity index (χ4v) is 2.50. The molecule has 1 nitrogen and oxygen atoms in total. The summed E-state index contributed by atoms with van der Waals surface area (Å²) >= 11 is 1.67. The third kappa shape index (κ3) is 3.31. The van der Waals surface area contributed by atoms with E-state index in [2.05, 4.69) is 24.9 Å². The Morgan fingerprint density at radius 1 is 1.60 bits per heavy atom. The molecule has 0 saturated carbocycles. The van der Waals surface area contributed by atoms with Gasteiger partial charge in [0.15, 0.2) is 0 Å². The van der Waals surface area contributed by atoms with Gasteiger partial charge in [-0.2, -0.15) is 11.3 Å². The molecule has 0 amide bonds. The standard InChI is InChI=1S/C13H18OS/c1-3-5-6-11(9-14)13(4-2)12-7-8-15-10-12/h4,7-11,13H,2-3,5-6H2,1H3/t11-,13-/m1/s1. The predicted molar refractivity (Wildman–Crippen MR) is 66.3 cm³/mol. The molecule has 1 rings (SSSR count). The molecular formula is C13H18OS. The fraction of sp³-hybridized carbons (Fsp3) is 0.462. The molecule has 0 fully saturated rings. The number of carbonyl (C=O) groups excluding carboxylic acids is 1. The van der Waals surface area contributed by atoms with Crippen LogP contribution in [0.3, 0.4) is 0 Å². The van der Waals surface area contributed by atoms with Crippen LogP contribution < -0.4 is 0 Å². The first-order valence-corrected chi connectivity index (χ1v) is 6.37. The molecule has 0 aliphatic rings. The maximum atomic E-state index is 11.1. The summed E-state index contributed by atoms with van der Waals surface area (Å²) in [7, 11) is 0. The summed E-state index contributed by atoms with van der Waals surface area (Å²) in [6, 6.07) is 2.08. The van der Waals surface area contributed by atoms with Gasteiger partial charge in [0.1, 0.15) is 6.29 Å². The molecule has 0 unspecified atom stereocenters. The molecule has 0 aromatic carbocycles. The first-order valence-electron chi connectivity index (χ1n) is 5.43. The summed E-state index contributed by atoms with van der Waals surface area (Å²) in [6.07, 6.45) is 6.19. The normalized spacial score (nSPS) is 14.5. The van der Waals surface area contributed by atoms with Crippen LogP contribution >= 0.6 is 11.3 Å². The molecule has 0 N–H and O–H groups in total. The molecule has 0 aliphatic carbocycles. The van der Waals surface area contributed by atoms with Gasteiger partial charge in [-0.15, -0.1) is 6.58 Å². The van der Waals surface area contributed by atoms with Crippen LogP contribution in [0.5, 0.6) is 0 Å². The van der Waals surface area contributed by atoms with Gasteiger partial charge < -0.3 is 4.79 Å². The van der Waals surface area contributed by atoms with Crippen LogP contribution in [0.1, 0.15) is 37.7 Å². The van der Waals surface area contributed by atoms with Gasteiger partial charge in [-0.05, 0) is 28.8 Å². The van der Waals surface area contributed by atoms with Gasteiger partial charge in [0.05, 0.1) is 0 Å². The number of thiophene rings is 1. The zero-order valence-corrected chi connectivity index (χ0v) is 10.0. The molecule has 0 bridgehead atoms. The van der Waals surface area contributed by atoms with Crippen molar-refractivity contribution in [3.8, 4) is 0 Å². The van der Waals surface area contributed by atoms with Gasteiger partial charge in [-0.3, -0.25) is 0 Å². The number of aldehydes is 1. The lowest BCUT2D eigenvalue weighted by Crippen LogP contribution is -2.12. The largest absolute Gasteiger partial charge is 0.303 e. The molecule has 2 atom stereocenters. The average molecular weight is 222 g/mol. The van der Waals surface area contributed by atoms with Crippen LogP contribution in [0.2, 0.25) is 0 Å². The number of carbonyl (C=O) groups is 1. The zero-order valence-electron chi connectivity index (χ0n) is 9.19. The van der Waals surface area contributed by atoms with Gasteiger partial charge in [-0.25, -0.2) is 0 Å². The van der Waals surface area contributed by atoms with Crippen LogP contribution in [0.15, 0.2) is 29.5 Å². The summed E-state index contributed by atoms with van der Waals surface area (Å²) in [5, 5.41) is 4.16. The Bertz CT molecular complexity index is 289. The lowest BCUT2D eigenvalue weighted by Gasteiger charge is -2.18. The zero-order chi connectivity index (χ0) is 11.1. The fourth-order valence-electron chi connectivity index (χ4n) is 1.79. The van der Waals surface area contributed by atoms with E-state index in [1.165, 1.54) is 5.56 Å². The first kappa shape index (κ1) is 12.2. The summed E-state index contributed by atoms with van der Waals surface area (Å²) < 4.78 is 0. The predicted octanol–water partition coefficient (Wildman–Crippen LogP) is 4.02. The minimum Gasteiger partial charge on any atom is -0.303 e. The topological polar surface area (TPSA) is 17.1 Å². The molecule has 0 saturated heterocycles. The van der Waals surface area contributed by atoms with Crippen LogP contribution in [-0.2, 0) is 4.79 Å². The van der Waals surface area contributed by atoms with Crippen molar-refractivity contribution >= 4 is 17.6 Å². The highest BCUT2D eigenvalue weighted by Gasteiger charge is 2.19. The van der Waals surface area contributed by atoms with Gasteiger partial charge in [0.2, 0.25) is 0 Å². The molecule has 0 aliphatic heterocycles. The van der Waals surface area contributed by atoms with Crippen molar-refractivity contribution in [2.24, 2.45) is 5.92 Å². The van der Waals surface area contributed by atoms with E-state index in [-0.39, 0.29) is 11.8 Å². The summed E-state index contributed by atoms with van der Waals surface area (Å²) in [5.74, 6) is 0.289. The Balaban J connectivity index is 2.70. The minimum absolute atomic E-state index is 0.0945. The highest BCUT2D eigenvalue weighted by Crippen LogP contribution is 2.29. The van der Waals surface area contributed by atoms with Crippen LogP contribution in [0.25, 0.3) is 0 Å². The molecular weight excluding hydrogens is 204 g/mol. The number of hydrogen-bond donors (Lipinski definition) is 0. The van der Waals surface area contributed by atoms with Crippen molar-refractivity contribution in [1.82, 2.24) is 0 Å². The molecule has 0 radical (unpaired) electrons. The Morgan fingerprint density at radius 3 is 2.87 bits per heavy atom. The van der Waals surface area contributed by atoms with E-state index in [1.54, 1.807) is 11.3 Å². The van der Waals surface area contributed by atoms with Gasteiger partial charge >= 0.3 is 0 Å². The summed E-state index contributed by atoms with van der Waals surface area (Å²) in [4.78, 5) is 11.1. The Kier molecular flexibility index (Phi) is 5.33. The van der Waals surface area contributed by atoms with Crippen molar-refractivity contribution in [3.05, 3.63) is 35.0 Å². The van der Waals surface area contributed by atoms with E-state index in [0.717, 1.165) is 25.5 Å². The number of unbranched alkanes of at least 4 members (excludes halogenated alkanes) is 1. The highest BCUT2D eigenvalue weighted by atomic mass is 32.1. The maximum absolute atomic E-state index is 11.1. The summed E-state index contributed by atoms with van der Waals surface area (Å²) in [6.45, 7) is 5.99. The van der Waals surface area contributed by atoms with Gasteiger partial charge in [0.25, 0.3) is 0 Å². The van der Waals surface area contributed by atoms with Gasteiger partial charge in [-0.1, -0.05) is 25.8 Å². The Morgan fingerprint density at radius 2 is 2.40 bits per heavy atom. The van der Waals surface area contributed by atoms with Crippen molar-refractivity contribution in [2.45, 2.75) is 32.1 Å². The Labute approximate surface area is 95.8 Å². The lowest BCUT2D eigenvalue weighted by atomic mass is 9.85. The Hall–Kier alpha value is -0.890. The maximum Gasteiger partial charge on any atom is 0.123 e. The van der Waals surface area contributed by atoms with E-state index in [9.17, 15) is 4.79 Å². The monoisotopic (exact) mass is 222 g/mol. The van der Waals surface area contributed by atoms with Crippen molar-refractivity contribution < 1.29 is 4.79 Å². The third-order valence-electron chi connectivity index (χ3n) is 2.71. The van der Waals surface area contributed by atoms with E-state index < -0.39 is 0 Å². The molecule has 1 aromatic heterocycles. The average Bonchev–Trinajstić information content (AvgIpc) is 2.77. The van der Waals surface area contributed by atoms with Crippen LogP contribution in [-0.4, -0.2) is 6.29 Å². The van der Waals surface area contributed by atoms with E-state index in [4.69, 9.17) is 0 Å². The summed E-state index contributed by atoms with van der Waals surface area (Å²) in [5.41, 5.74) is 1.23. The van der Waals surface area contributed by atoms with Crippen molar-refractivity contribution in [3.63, 3.8) is 0 Å². The number of rotatable bonds is 7. The number of hydrogen-bond acceptors (Lipinski definition) is 2. The van der Waals surface area contributed by atoms with E-state index in [0.29, 0.717) is 0 Å². The highest BCUT2D eigenvalue weighted by molar-refractivity contribution is 7.08. The second kappa shape index (κ2) is 6.57. The minimum atomic E-state index is 0.0945. The molecule has 2 heteroatoms. The number of allylic oxidation sites excluding steroid dienone is 1. The van der Waals surface area contributed by atoms with Gasteiger partial charge in [0, 0.05) is 11.8 Å². The smallest absolute Gasteiger partial charge is 0.123 e. The molecule has 82 valence electrons. The SMILES string of the molecule is C=C[C@@H](c1ccsc1)[C@@H](C=O)CCCC. The molecule has 1 heterocycles. The first-order chi connectivity index (χ1) is 7.33. The van der Waals surface area contributed by atoms with Crippen LogP contribution in [0.4, 0.5) is 0 Å². The second-order valence-corrected chi connectivity index (χ2v) is 4.54. The van der Waals surface area contributed by atoms with Crippen molar-refractivity contribution in [2.75, 3.05) is 0 Å². The molecule has 1 aromatic rings. The van der Waals surface area contributed by atoms with E-state index >= 15 is 0 Å². The third-order valence-corrected chi connectivity index (χ3v) is 3.41. The lowest BCUT2D eigenvalue weighted by molar-refractivity contribution is -0.111. The molecule has 15 heavy (non-hydrogen) atoms. The van der Waals surface area contributed by atoms with E-state index in [1.807, 2.05) is 11.5 Å². The second-order valence-electron chi connectivity index (χ2n) is 3.76. The van der Waals surface area contributed by atoms with Crippen LogP contribution in [0, 0.1) is 5.92 Å².